The Hall–Kier alpha value is -1.59. The van der Waals surface area contributed by atoms with Crippen LogP contribution in [0.4, 0.5) is 13.2 Å². The zero-order valence-corrected chi connectivity index (χ0v) is 7.41. The van der Waals surface area contributed by atoms with Crippen molar-refractivity contribution >= 4 is 12.9 Å². The quantitative estimate of drug-likeness (QED) is 0.601. The van der Waals surface area contributed by atoms with Crippen LogP contribution in [0.3, 0.4) is 0 Å². The van der Waals surface area contributed by atoms with Gasteiger partial charge in [-0.05, 0) is 6.92 Å². The lowest BCUT2D eigenvalue weighted by Crippen LogP contribution is -2.21. The van der Waals surface area contributed by atoms with Crippen molar-refractivity contribution in [3.63, 3.8) is 0 Å². The number of alkyl halides is 3. The number of rotatable bonds is 1. The fourth-order valence-corrected chi connectivity index (χ4v) is 0.894. The van der Waals surface area contributed by atoms with Gasteiger partial charge in [0, 0.05) is 6.72 Å². The van der Waals surface area contributed by atoms with Crippen molar-refractivity contribution in [3.05, 3.63) is 23.7 Å². The van der Waals surface area contributed by atoms with Gasteiger partial charge in [-0.1, -0.05) is 6.08 Å². The average molecular weight is 203 g/mol. The molecule has 1 aliphatic heterocycles. The summed E-state index contributed by atoms with van der Waals surface area (Å²) in [5.74, 6) is 0. The molecule has 0 saturated heterocycles. The molecule has 1 heterocycles. The zero-order valence-electron chi connectivity index (χ0n) is 7.41. The highest BCUT2D eigenvalue weighted by Crippen LogP contribution is 2.29. The standard InChI is InChI=1S/C8H8F3N3/c1-3-6-4-13-7(8(9,10)11)5-14(6)12-2/h3-5H,2H2,1H3/b6-3-. The summed E-state index contributed by atoms with van der Waals surface area (Å²) in [7, 11) is 0. The van der Waals surface area contributed by atoms with E-state index < -0.39 is 11.9 Å². The topological polar surface area (TPSA) is 28.0 Å². The van der Waals surface area contributed by atoms with Crippen LogP contribution in [-0.4, -0.2) is 24.1 Å². The minimum atomic E-state index is -4.46. The summed E-state index contributed by atoms with van der Waals surface area (Å²) in [6.07, 6.45) is -0.986. The Labute approximate surface area is 78.9 Å². The van der Waals surface area contributed by atoms with Crippen LogP contribution in [0.15, 0.2) is 33.8 Å². The van der Waals surface area contributed by atoms with Crippen molar-refractivity contribution in [3.8, 4) is 0 Å². The maximum atomic E-state index is 12.2. The Balaban J connectivity index is 3.02. The first-order chi connectivity index (χ1) is 6.49. The summed E-state index contributed by atoms with van der Waals surface area (Å²) < 4.78 is 36.6. The van der Waals surface area contributed by atoms with Crippen LogP contribution >= 0.6 is 0 Å². The molecule has 0 aromatic rings. The molecule has 0 radical (unpaired) electrons. The predicted molar refractivity (Wildman–Crippen MR) is 47.8 cm³/mol. The number of hydrogen-bond donors (Lipinski definition) is 0. The Morgan fingerprint density at radius 2 is 2.21 bits per heavy atom. The smallest absolute Gasteiger partial charge is 0.248 e. The molecule has 0 aromatic heterocycles. The predicted octanol–water partition coefficient (Wildman–Crippen LogP) is 2.30. The van der Waals surface area contributed by atoms with Crippen LogP contribution in [-0.2, 0) is 0 Å². The molecule has 0 unspecified atom stereocenters. The summed E-state index contributed by atoms with van der Waals surface area (Å²) in [6, 6.07) is 0. The molecule has 0 aromatic carbocycles. The van der Waals surface area contributed by atoms with Crippen LogP contribution in [0.25, 0.3) is 0 Å². The number of halogens is 3. The van der Waals surface area contributed by atoms with E-state index in [1.54, 1.807) is 13.0 Å². The van der Waals surface area contributed by atoms with Gasteiger partial charge in [-0.25, -0.2) is 10.0 Å². The first-order valence-corrected chi connectivity index (χ1v) is 3.74. The maximum absolute atomic E-state index is 12.2. The number of hydrogen-bond acceptors (Lipinski definition) is 3. The normalized spacial score (nSPS) is 19.9. The van der Waals surface area contributed by atoms with Crippen LogP contribution in [0.5, 0.6) is 0 Å². The van der Waals surface area contributed by atoms with E-state index in [1.807, 2.05) is 0 Å². The second-order valence-corrected chi connectivity index (χ2v) is 2.47. The second-order valence-electron chi connectivity index (χ2n) is 2.47. The minimum absolute atomic E-state index is 0.452. The summed E-state index contributed by atoms with van der Waals surface area (Å²) in [6.45, 7) is 4.83. The van der Waals surface area contributed by atoms with Gasteiger partial charge >= 0.3 is 6.18 Å². The van der Waals surface area contributed by atoms with E-state index >= 15 is 0 Å². The molecule has 0 saturated carbocycles. The van der Waals surface area contributed by atoms with Crippen molar-refractivity contribution in [2.75, 3.05) is 0 Å². The molecular formula is C8H8F3N3. The molecule has 76 valence electrons. The van der Waals surface area contributed by atoms with Gasteiger partial charge in [-0.15, -0.1) is 0 Å². The molecule has 1 aliphatic rings. The molecule has 3 nitrogen and oxygen atoms in total. The van der Waals surface area contributed by atoms with E-state index in [0.717, 1.165) is 17.4 Å². The molecule has 0 aliphatic carbocycles. The number of nitrogens with zero attached hydrogens (tertiary/aromatic N) is 3. The Kier molecular flexibility index (Phi) is 2.73. The van der Waals surface area contributed by atoms with Crippen molar-refractivity contribution < 1.29 is 13.2 Å². The Morgan fingerprint density at radius 3 is 2.64 bits per heavy atom. The Bertz CT molecular complexity index is 325. The van der Waals surface area contributed by atoms with Gasteiger partial charge in [0.2, 0.25) is 0 Å². The molecule has 0 N–H and O–H groups in total. The molecule has 0 fully saturated rings. The third-order valence-corrected chi connectivity index (χ3v) is 1.58. The molecule has 6 heteroatoms. The van der Waals surface area contributed by atoms with E-state index in [9.17, 15) is 13.2 Å². The first-order valence-electron chi connectivity index (χ1n) is 3.74. The number of allylic oxidation sites excluding steroid dienone is 3. The highest BCUT2D eigenvalue weighted by Gasteiger charge is 2.35. The number of hydrazone groups is 1. The molecular weight excluding hydrogens is 195 g/mol. The summed E-state index contributed by atoms with van der Waals surface area (Å²) >= 11 is 0. The Morgan fingerprint density at radius 1 is 1.57 bits per heavy atom. The van der Waals surface area contributed by atoms with Crippen LogP contribution in [0.1, 0.15) is 6.92 Å². The lowest BCUT2D eigenvalue weighted by atomic mass is 10.3. The number of aliphatic imine (C=N–C) groups is 1. The third-order valence-electron chi connectivity index (χ3n) is 1.58. The van der Waals surface area contributed by atoms with E-state index in [0.29, 0.717) is 5.70 Å². The van der Waals surface area contributed by atoms with Gasteiger partial charge in [0.15, 0.2) is 5.70 Å². The van der Waals surface area contributed by atoms with Crippen molar-refractivity contribution in [2.24, 2.45) is 10.1 Å². The van der Waals surface area contributed by atoms with Gasteiger partial charge in [0.25, 0.3) is 0 Å². The van der Waals surface area contributed by atoms with Gasteiger partial charge < -0.3 is 0 Å². The van der Waals surface area contributed by atoms with Crippen LogP contribution in [0, 0.1) is 0 Å². The van der Waals surface area contributed by atoms with Gasteiger partial charge in [-0.3, -0.25) is 0 Å². The van der Waals surface area contributed by atoms with E-state index in [1.165, 1.54) is 0 Å². The largest absolute Gasteiger partial charge is 0.434 e. The SMILES string of the molecule is C=NN1C=C(C(F)(F)F)N=C/C1=C/C. The maximum Gasteiger partial charge on any atom is 0.434 e. The fraction of sp³-hybridized carbons (Fsp3) is 0.250. The molecule has 0 spiro atoms. The van der Waals surface area contributed by atoms with Gasteiger partial charge in [0.05, 0.1) is 18.1 Å². The molecule has 1 rings (SSSR count). The molecule has 14 heavy (non-hydrogen) atoms. The molecule has 0 atom stereocenters. The lowest BCUT2D eigenvalue weighted by molar-refractivity contribution is -0.0934. The van der Waals surface area contributed by atoms with E-state index in [4.69, 9.17) is 0 Å². The first kappa shape index (κ1) is 10.5. The van der Waals surface area contributed by atoms with Gasteiger partial charge in [0.1, 0.15) is 0 Å². The van der Waals surface area contributed by atoms with Crippen LogP contribution < -0.4 is 0 Å². The van der Waals surface area contributed by atoms with E-state index in [-0.39, 0.29) is 0 Å². The van der Waals surface area contributed by atoms with E-state index in [2.05, 4.69) is 16.8 Å². The average Bonchev–Trinajstić information content (AvgIpc) is 2.15. The fourth-order valence-electron chi connectivity index (χ4n) is 0.894. The van der Waals surface area contributed by atoms with Gasteiger partial charge in [-0.2, -0.15) is 18.3 Å². The molecule has 0 bridgehead atoms. The lowest BCUT2D eigenvalue weighted by Gasteiger charge is -2.20. The van der Waals surface area contributed by atoms with Crippen LogP contribution in [0.2, 0.25) is 0 Å². The van der Waals surface area contributed by atoms with Crippen molar-refractivity contribution in [1.29, 1.82) is 0 Å². The monoisotopic (exact) mass is 203 g/mol. The van der Waals surface area contributed by atoms with Crippen molar-refractivity contribution in [1.82, 2.24) is 5.01 Å². The third kappa shape index (κ3) is 2.01. The second kappa shape index (κ2) is 3.65. The summed E-state index contributed by atoms with van der Waals surface area (Å²) in [5.41, 5.74) is -0.538. The highest BCUT2D eigenvalue weighted by molar-refractivity contribution is 5.80. The van der Waals surface area contributed by atoms with Crippen molar-refractivity contribution in [2.45, 2.75) is 13.1 Å². The molecule has 0 amide bonds. The summed E-state index contributed by atoms with van der Waals surface area (Å²) in [4.78, 5) is 3.26. The highest BCUT2D eigenvalue weighted by atomic mass is 19.4. The summed E-state index contributed by atoms with van der Waals surface area (Å²) in [5, 5.41) is 4.43. The zero-order chi connectivity index (χ0) is 10.8. The minimum Gasteiger partial charge on any atom is -0.248 e.